The van der Waals surface area contributed by atoms with Gasteiger partial charge in [0.2, 0.25) is 0 Å². The number of hydrogen-bond donors (Lipinski definition) is 1. The van der Waals surface area contributed by atoms with Gasteiger partial charge in [-0.1, -0.05) is 11.6 Å². The average Bonchev–Trinajstić information content (AvgIpc) is 3.63. The summed E-state index contributed by atoms with van der Waals surface area (Å²) < 4.78 is 18.7. The Kier molecular flexibility index (Phi) is 6.96. The van der Waals surface area contributed by atoms with E-state index in [0.717, 1.165) is 70.8 Å². The summed E-state index contributed by atoms with van der Waals surface area (Å²) in [5.41, 5.74) is 5.83. The van der Waals surface area contributed by atoms with Crippen molar-refractivity contribution in [2.45, 2.75) is 128 Å². The normalized spacial score (nSPS) is 42.6. The van der Waals surface area contributed by atoms with Gasteiger partial charge in [-0.2, -0.15) is 0 Å². The summed E-state index contributed by atoms with van der Waals surface area (Å²) in [5.74, 6) is -0.0412. The number of allylic oxidation sites excluding steroid dienone is 2. The molecule has 0 amide bonds. The first-order valence-electron chi connectivity index (χ1n) is 14.6. The van der Waals surface area contributed by atoms with Crippen molar-refractivity contribution in [2.75, 3.05) is 6.54 Å². The largest absolute Gasteiger partial charge is 0.450 e. The van der Waals surface area contributed by atoms with Crippen molar-refractivity contribution in [3.63, 3.8) is 0 Å². The van der Waals surface area contributed by atoms with Crippen LogP contribution in [0.4, 0.5) is 0 Å². The van der Waals surface area contributed by atoms with Gasteiger partial charge in [0.25, 0.3) is 0 Å². The molecule has 5 heterocycles. The minimum Gasteiger partial charge on any atom is -0.450 e. The number of nitrogens with zero attached hydrogens (tertiary/aromatic N) is 1. The number of carbonyl (C=O) groups excluding carboxylic acids is 1. The second kappa shape index (κ2) is 10.1. The highest BCUT2D eigenvalue weighted by molar-refractivity contribution is 5.92. The summed E-state index contributed by atoms with van der Waals surface area (Å²) in [7, 11) is 0. The van der Waals surface area contributed by atoms with Crippen molar-refractivity contribution in [3.8, 4) is 0 Å². The first-order chi connectivity index (χ1) is 17.9. The Morgan fingerprint density at radius 2 is 1.78 bits per heavy atom. The Balaban J connectivity index is 1.37. The molecule has 202 valence electrons. The van der Waals surface area contributed by atoms with Gasteiger partial charge in [-0.15, -0.1) is 0 Å². The van der Waals surface area contributed by atoms with Crippen LogP contribution >= 0.6 is 0 Å². The van der Waals surface area contributed by atoms with Gasteiger partial charge in [0.15, 0.2) is 0 Å². The van der Waals surface area contributed by atoms with E-state index < -0.39 is 6.10 Å². The first-order valence-corrected chi connectivity index (χ1v) is 14.6. The molecule has 5 aliphatic heterocycles. The molecule has 0 aromatic carbocycles. The number of esters is 1. The second-order valence-electron chi connectivity index (χ2n) is 12.3. The molecule has 0 aromatic heterocycles. The zero-order valence-corrected chi connectivity index (χ0v) is 22.7. The highest BCUT2D eigenvalue weighted by Gasteiger charge is 2.50. The van der Waals surface area contributed by atoms with E-state index in [0.29, 0.717) is 12.0 Å². The number of aliphatic imine (C=N–C) groups is 1. The topological polar surface area (TPSA) is 77.3 Å². The third-order valence-electron chi connectivity index (χ3n) is 10.3. The van der Waals surface area contributed by atoms with Crippen molar-refractivity contribution < 1.29 is 24.1 Å². The molecule has 6 heteroatoms. The Labute approximate surface area is 221 Å². The minimum atomic E-state index is -0.532. The molecule has 8 atom stereocenters. The lowest BCUT2D eigenvalue weighted by Crippen LogP contribution is -2.47. The SMILES string of the molecule is CC1=CC(C2=C(C)C3CC(O)C4CCC(O4)C4CCC(O4)C(C)=CCCC4=NCCCC43CC2)OC1=O. The van der Waals surface area contributed by atoms with E-state index in [4.69, 9.17) is 19.2 Å². The molecule has 1 N–H and O–H groups in total. The van der Waals surface area contributed by atoms with Crippen LogP contribution in [0.15, 0.2) is 39.4 Å². The molecule has 6 aliphatic rings. The van der Waals surface area contributed by atoms with Crippen LogP contribution in [0.3, 0.4) is 0 Å². The molecular weight excluding hydrogens is 466 g/mol. The molecule has 0 aromatic rings. The highest BCUT2D eigenvalue weighted by atomic mass is 16.6. The molecule has 2 saturated heterocycles. The Hall–Kier alpha value is -1.76. The number of cyclic esters (lactones) is 1. The zero-order valence-electron chi connectivity index (χ0n) is 22.7. The Morgan fingerprint density at radius 3 is 2.59 bits per heavy atom. The number of aliphatic hydroxyl groups is 1. The van der Waals surface area contributed by atoms with Crippen molar-refractivity contribution in [1.82, 2.24) is 0 Å². The molecule has 37 heavy (non-hydrogen) atoms. The van der Waals surface area contributed by atoms with Crippen LogP contribution in [-0.4, -0.2) is 60.0 Å². The number of fused-ring (bicyclic) bond motifs is 5. The van der Waals surface area contributed by atoms with E-state index in [1.165, 1.54) is 22.4 Å². The van der Waals surface area contributed by atoms with Gasteiger partial charge in [0.1, 0.15) is 6.10 Å². The van der Waals surface area contributed by atoms with E-state index in [-0.39, 0.29) is 47.8 Å². The van der Waals surface area contributed by atoms with Crippen LogP contribution < -0.4 is 0 Å². The van der Waals surface area contributed by atoms with Crippen LogP contribution in [-0.2, 0) is 19.0 Å². The van der Waals surface area contributed by atoms with Gasteiger partial charge < -0.3 is 19.3 Å². The predicted octanol–water partition coefficient (Wildman–Crippen LogP) is 5.39. The van der Waals surface area contributed by atoms with Crippen molar-refractivity contribution in [2.24, 2.45) is 16.3 Å². The Morgan fingerprint density at radius 1 is 1.00 bits per heavy atom. The van der Waals surface area contributed by atoms with E-state index >= 15 is 0 Å². The van der Waals surface area contributed by atoms with Gasteiger partial charge in [0.05, 0.1) is 30.5 Å². The van der Waals surface area contributed by atoms with Crippen molar-refractivity contribution in [1.29, 1.82) is 0 Å². The molecule has 1 aliphatic carbocycles. The third kappa shape index (κ3) is 4.57. The standard InChI is InChI=1S/C31H43NO5/c1-18-6-4-7-29-31(13-5-15-32-29)14-12-21(28-16-19(2)30(34)37-28)20(3)22(31)17-23(33)25-9-11-27(36-25)26-10-8-24(18)35-26/h6,16,22-28,33H,4-5,7-15,17H2,1-3H3. The quantitative estimate of drug-likeness (QED) is 0.379. The summed E-state index contributed by atoms with van der Waals surface area (Å²) in [6.45, 7) is 7.17. The van der Waals surface area contributed by atoms with Crippen LogP contribution in [0.25, 0.3) is 0 Å². The fourth-order valence-electron chi connectivity index (χ4n) is 8.21. The number of hydrogen-bond acceptors (Lipinski definition) is 6. The highest BCUT2D eigenvalue weighted by Crippen LogP contribution is 2.54. The van der Waals surface area contributed by atoms with Gasteiger partial charge in [0, 0.05) is 23.2 Å². The lowest BCUT2D eigenvalue weighted by atomic mass is 9.56. The molecule has 4 bridgehead atoms. The minimum absolute atomic E-state index is 0.0381. The maximum absolute atomic E-state index is 12.2. The molecule has 8 unspecified atom stereocenters. The predicted molar refractivity (Wildman–Crippen MR) is 142 cm³/mol. The zero-order chi connectivity index (χ0) is 25.7. The van der Waals surface area contributed by atoms with Crippen LogP contribution in [0, 0.1) is 11.3 Å². The van der Waals surface area contributed by atoms with E-state index in [1.807, 2.05) is 13.0 Å². The average molecular weight is 510 g/mol. The second-order valence-corrected chi connectivity index (χ2v) is 12.3. The fraction of sp³-hybridized carbons (Fsp3) is 0.742. The molecule has 1 spiro atoms. The molecule has 2 fully saturated rings. The van der Waals surface area contributed by atoms with Crippen LogP contribution in [0.1, 0.15) is 91.4 Å². The number of ether oxygens (including phenoxy) is 3. The number of rotatable bonds is 1. The van der Waals surface area contributed by atoms with Gasteiger partial charge in [-0.25, -0.2) is 4.79 Å². The first kappa shape index (κ1) is 25.5. The maximum Gasteiger partial charge on any atom is 0.334 e. The smallest absolute Gasteiger partial charge is 0.334 e. The summed E-state index contributed by atoms with van der Waals surface area (Å²) in [6, 6.07) is 0. The molecular formula is C31H43NO5. The van der Waals surface area contributed by atoms with Gasteiger partial charge >= 0.3 is 5.97 Å². The van der Waals surface area contributed by atoms with E-state index in [9.17, 15) is 9.90 Å². The summed E-state index contributed by atoms with van der Waals surface area (Å²) in [4.78, 5) is 17.4. The molecule has 0 saturated carbocycles. The number of aliphatic hydroxyl groups excluding tert-OH is 1. The lowest BCUT2D eigenvalue weighted by molar-refractivity contribution is -0.138. The number of carbonyl (C=O) groups is 1. The summed E-state index contributed by atoms with van der Waals surface area (Å²) in [5, 5.41) is 11.6. The molecule has 0 radical (unpaired) electrons. The Bertz CT molecular complexity index is 1060. The molecule has 6 nitrogen and oxygen atoms in total. The van der Waals surface area contributed by atoms with Crippen molar-refractivity contribution >= 4 is 11.7 Å². The van der Waals surface area contributed by atoms with Crippen LogP contribution in [0.2, 0.25) is 0 Å². The fourth-order valence-corrected chi connectivity index (χ4v) is 8.21. The third-order valence-corrected chi connectivity index (χ3v) is 10.3. The maximum atomic E-state index is 12.2. The van der Waals surface area contributed by atoms with Gasteiger partial charge in [-0.05, 0) is 115 Å². The van der Waals surface area contributed by atoms with Crippen molar-refractivity contribution in [3.05, 3.63) is 34.4 Å². The summed E-state index contributed by atoms with van der Waals surface area (Å²) >= 11 is 0. The lowest BCUT2D eigenvalue weighted by Gasteiger charge is -2.49. The van der Waals surface area contributed by atoms with E-state index in [2.05, 4.69) is 19.9 Å². The van der Waals surface area contributed by atoms with E-state index in [1.54, 1.807) is 0 Å². The van der Waals surface area contributed by atoms with Gasteiger partial charge in [-0.3, -0.25) is 4.99 Å². The summed E-state index contributed by atoms with van der Waals surface area (Å²) in [6.07, 6.45) is 14.4. The van der Waals surface area contributed by atoms with Crippen LogP contribution in [0.5, 0.6) is 0 Å². The molecule has 6 rings (SSSR count). The monoisotopic (exact) mass is 509 g/mol.